The summed E-state index contributed by atoms with van der Waals surface area (Å²) in [5.74, 6) is 0.123. The standard InChI is InChI=1S/C20H22N2O2/c1-14(2)16-7-4-15(5-8-16)6-13-19(23)22-18-11-9-17(10-12-18)20(24)21-3/h4-14H,1-3H3,(H,21,24)(H,22,23)/b13-6+. The van der Waals surface area contributed by atoms with Crippen molar-refractivity contribution in [2.75, 3.05) is 12.4 Å². The molecule has 0 atom stereocenters. The molecular formula is C20H22N2O2. The monoisotopic (exact) mass is 322 g/mol. The molecule has 0 radical (unpaired) electrons. The van der Waals surface area contributed by atoms with E-state index >= 15 is 0 Å². The Morgan fingerprint density at radius 3 is 2.12 bits per heavy atom. The Morgan fingerprint density at radius 2 is 1.58 bits per heavy atom. The third-order valence-electron chi connectivity index (χ3n) is 3.67. The number of carbonyl (C=O) groups is 2. The zero-order valence-corrected chi connectivity index (χ0v) is 14.2. The highest BCUT2D eigenvalue weighted by Crippen LogP contribution is 2.15. The number of amides is 2. The van der Waals surface area contributed by atoms with Gasteiger partial charge in [-0.05, 0) is 47.4 Å². The lowest BCUT2D eigenvalue weighted by atomic mass is 10.0. The van der Waals surface area contributed by atoms with Gasteiger partial charge in [-0.1, -0.05) is 38.1 Å². The molecule has 0 heterocycles. The molecule has 24 heavy (non-hydrogen) atoms. The second-order valence-corrected chi connectivity index (χ2v) is 5.80. The van der Waals surface area contributed by atoms with Gasteiger partial charge in [-0.3, -0.25) is 9.59 Å². The Balaban J connectivity index is 1.96. The molecule has 4 heteroatoms. The topological polar surface area (TPSA) is 58.2 Å². The molecule has 2 amide bonds. The van der Waals surface area contributed by atoms with Gasteiger partial charge in [-0.15, -0.1) is 0 Å². The minimum absolute atomic E-state index is 0.155. The van der Waals surface area contributed by atoms with Crippen molar-refractivity contribution in [3.05, 3.63) is 71.3 Å². The number of carbonyl (C=O) groups excluding carboxylic acids is 2. The van der Waals surface area contributed by atoms with E-state index < -0.39 is 0 Å². The molecule has 4 nitrogen and oxygen atoms in total. The molecule has 2 aromatic rings. The Kier molecular flexibility index (Phi) is 5.90. The number of nitrogens with one attached hydrogen (secondary N) is 2. The maximum atomic E-state index is 12.0. The molecule has 0 aliphatic rings. The van der Waals surface area contributed by atoms with Crippen LogP contribution in [-0.4, -0.2) is 18.9 Å². The minimum Gasteiger partial charge on any atom is -0.355 e. The van der Waals surface area contributed by atoms with Crippen LogP contribution in [-0.2, 0) is 4.79 Å². The van der Waals surface area contributed by atoms with Crippen molar-refractivity contribution >= 4 is 23.6 Å². The van der Waals surface area contributed by atoms with Crippen LogP contribution in [0, 0.1) is 0 Å². The zero-order valence-electron chi connectivity index (χ0n) is 14.2. The molecular weight excluding hydrogens is 300 g/mol. The summed E-state index contributed by atoms with van der Waals surface area (Å²) in [6.07, 6.45) is 3.27. The molecule has 0 fully saturated rings. The fraction of sp³-hybridized carbons (Fsp3) is 0.200. The van der Waals surface area contributed by atoms with E-state index in [2.05, 4.69) is 36.6 Å². The summed E-state index contributed by atoms with van der Waals surface area (Å²) < 4.78 is 0. The Hall–Kier alpha value is -2.88. The highest BCUT2D eigenvalue weighted by Gasteiger charge is 2.03. The molecule has 0 aromatic heterocycles. The minimum atomic E-state index is -0.212. The molecule has 2 N–H and O–H groups in total. The van der Waals surface area contributed by atoms with E-state index in [-0.39, 0.29) is 11.8 Å². The number of anilines is 1. The van der Waals surface area contributed by atoms with Crippen LogP contribution in [0.15, 0.2) is 54.6 Å². The normalized spacial score (nSPS) is 10.8. The van der Waals surface area contributed by atoms with E-state index in [1.807, 2.05) is 12.1 Å². The van der Waals surface area contributed by atoms with Crippen molar-refractivity contribution in [2.45, 2.75) is 19.8 Å². The first-order valence-electron chi connectivity index (χ1n) is 7.91. The van der Waals surface area contributed by atoms with Gasteiger partial charge in [0.2, 0.25) is 5.91 Å². The Labute approximate surface area is 142 Å². The molecule has 0 unspecified atom stereocenters. The second kappa shape index (κ2) is 8.11. The van der Waals surface area contributed by atoms with Gasteiger partial charge in [0.25, 0.3) is 5.91 Å². The third kappa shape index (κ3) is 4.81. The second-order valence-electron chi connectivity index (χ2n) is 5.80. The van der Waals surface area contributed by atoms with E-state index in [4.69, 9.17) is 0 Å². The largest absolute Gasteiger partial charge is 0.355 e. The van der Waals surface area contributed by atoms with Crippen molar-refractivity contribution in [3.63, 3.8) is 0 Å². The number of hydrogen-bond donors (Lipinski definition) is 2. The smallest absolute Gasteiger partial charge is 0.251 e. The fourth-order valence-corrected chi connectivity index (χ4v) is 2.20. The van der Waals surface area contributed by atoms with E-state index in [1.165, 1.54) is 11.6 Å². The first-order valence-corrected chi connectivity index (χ1v) is 7.91. The van der Waals surface area contributed by atoms with Crippen molar-refractivity contribution in [1.82, 2.24) is 5.32 Å². The van der Waals surface area contributed by atoms with Gasteiger partial charge in [-0.25, -0.2) is 0 Å². The summed E-state index contributed by atoms with van der Waals surface area (Å²) >= 11 is 0. The zero-order chi connectivity index (χ0) is 17.5. The quantitative estimate of drug-likeness (QED) is 0.822. The predicted octanol–water partition coefficient (Wildman–Crippen LogP) is 3.82. The lowest BCUT2D eigenvalue weighted by molar-refractivity contribution is -0.111. The molecule has 0 aliphatic heterocycles. The summed E-state index contributed by atoms with van der Waals surface area (Å²) in [7, 11) is 1.58. The summed E-state index contributed by atoms with van der Waals surface area (Å²) in [5, 5.41) is 5.32. The average Bonchev–Trinajstić information content (AvgIpc) is 2.60. The molecule has 0 spiro atoms. The van der Waals surface area contributed by atoms with Gasteiger partial charge in [0, 0.05) is 24.4 Å². The maximum absolute atomic E-state index is 12.0. The van der Waals surface area contributed by atoms with Gasteiger partial charge in [0.15, 0.2) is 0 Å². The summed E-state index contributed by atoms with van der Waals surface area (Å²) in [6.45, 7) is 4.29. The van der Waals surface area contributed by atoms with Gasteiger partial charge in [-0.2, -0.15) is 0 Å². The number of hydrogen-bond acceptors (Lipinski definition) is 2. The van der Waals surface area contributed by atoms with E-state index in [0.29, 0.717) is 17.2 Å². The molecule has 124 valence electrons. The van der Waals surface area contributed by atoms with E-state index in [0.717, 1.165) is 5.56 Å². The third-order valence-corrected chi connectivity index (χ3v) is 3.67. The van der Waals surface area contributed by atoms with Crippen LogP contribution in [0.2, 0.25) is 0 Å². The van der Waals surface area contributed by atoms with Crippen LogP contribution in [0.3, 0.4) is 0 Å². The fourth-order valence-electron chi connectivity index (χ4n) is 2.20. The van der Waals surface area contributed by atoms with Crippen molar-refractivity contribution < 1.29 is 9.59 Å². The van der Waals surface area contributed by atoms with Crippen LogP contribution >= 0.6 is 0 Å². The van der Waals surface area contributed by atoms with Gasteiger partial charge >= 0.3 is 0 Å². The Morgan fingerprint density at radius 1 is 0.958 bits per heavy atom. The SMILES string of the molecule is CNC(=O)c1ccc(NC(=O)/C=C/c2ccc(C(C)C)cc2)cc1. The van der Waals surface area contributed by atoms with Crippen LogP contribution in [0.5, 0.6) is 0 Å². The van der Waals surface area contributed by atoms with Gasteiger partial charge in [0.1, 0.15) is 0 Å². The summed E-state index contributed by atoms with van der Waals surface area (Å²) in [6, 6.07) is 14.9. The van der Waals surface area contributed by atoms with Crippen molar-refractivity contribution in [3.8, 4) is 0 Å². The number of benzene rings is 2. The molecule has 0 saturated carbocycles. The van der Waals surface area contributed by atoms with Crippen molar-refractivity contribution in [1.29, 1.82) is 0 Å². The lowest BCUT2D eigenvalue weighted by Crippen LogP contribution is -2.17. The van der Waals surface area contributed by atoms with Gasteiger partial charge in [0.05, 0.1) is 0 Å². The first kappa shape index (κ1) is 17.5. The predicted molar refractivity (Wildman–Crippen MR) is 98.0 cm³/mol. The van der Waals surface area contributed by atoms with Crippen LogP contribution < -0.4 is 10.6 Å². The van der Waals surface area contributed by atoms with Gasteiger partial charge < -0.3 is 10.6 Å². The van der Waals surface area contributed by atoms with E-state index in [9.17, 15) is 9.59 Å². The van der Waals surface area contributed by atoms with Crippen LogP contribution in [0.25, 0.3) is 6.08 Å². The van der Waals surface area contributed by atoms with E-state index in [1.54, 1.807) is 37.4 Å². The summed E-state index contributed by atoms with van der Waals surface area (Å²) in [5.41, 5.74) is 3.45. The Bertz CT molecular complexity index is 729. The summed E-state index contributed by atoms with van der Waals surface area (Å²) in [4.78, 5) is 23.4. The maximum Gasteiger partial charge on any atom is 0.251 e. The lowest BCUT2D eigenvalue weighted by Gasteiger charge is -2.05. The van der Waals surface area contributed by atoms with Crippen LogP contribution in [0.1, 0.15) is 41.3 Å². The number of rotatable bonds is 5. The molecule has 0 saturated heterocycles. The molecule has 0 bridgehead atoms. The average molecular weight is 322 g/mol. The first-order chi connectivity index (χ1) is 11.5. The molecule has 2 aromatic carbocycles. The molecule has 0 aliphatic carbocycles. The van der Waals surface area contributed by atoms with Crippen LogP contribution in [0.4, 0.5) is 5.69 Å². The highest BCUT2D eigenvalue weighted by atomic mass is 16.2. The molecule has 2 rings (SSSR count). The highest BCUT2D eigenvalue weighted by molar-refractivity contribution is 6.02. The van der Waals surface area contributed by atoms with Crippen molar-refractivity contribution in [2.24, 2.45) is 0 Å².